The Kier molecular flexibility index (Phi) is 4.62. The molecule has 1 aromatic rings. The summed E-state index contributed by atoms with van der Waals surface area (Å²) < 4.78 is 7.23. The monoisotopic (exact) mass is 349 g/mol. The molecule has 7 heteroatoms. The highest BCUT2D eigenvalue weighted by atomic mass is 16.5. The van der Waals surface area contributed by atoms with Crippen LogP contribution in [0.25, 0.3) is 0 Å². The van der Waals surface area contributed by atoms with Crippen LogP contribution in [0, 0.1) is 0 Å². The van der Waals surface area contributed by atoms with Crippen LogP contribution < -0.4 is 0 Å². The van der Waals surface area contributed by atoms with E-state index in [1.165, 1.54) is 0 Å². The van der Waals surface area contributed by atoms with E-state index in [0.717, 1.165) is 18.5 Å². The third-order valence-electron chi connectivity index (χ3n) is 5.59. The van der Waals surface area contributed by atoms with Crippen LogP contribution in [0.3, 0.4) is 0 Å². The normalized spacial score (nSPS) is 26.2. The Bertz CT molecular complexity index is 653. The standard InChI is InChI=1S/C18H27N3O4/c1-13(2)14-5-9-21(19-14)18(16(23)24)7-10-20(11-8-18)15(22)17(3)6-4-12-25-17/h5,9,13H,4,6-8,10-12H2,1-3H3,(H,23,24). The molecule has 0 aromatic carbocycles. The first-order valence-electron chi connectivity index (χ1n) is 9.01. The Hall–Kier alpha value is -1.89. The molecule has 0 bridgehead atoms. The molecule has 1 atom stereocenters. The minimum Gasteiger partial charge on any atom is -0.479 e. The van der Waals surface area contributed by atoms with Gasteiger partial charge in [0.25, 0.3) is 5.91 Å². The lowest BCUT2D eigenvalue weighted by atomic mass is 9.86. The highest BCUT2D eigenvalue weighted by molar-refractivity contribution is 5.85. The van der Waals surface area contributed by atoms with Gasteiger partial charge in [0, 0.05) is 38.7 Å². The maximum absolute atomic E-state index is 12.8. The number of hydrogen-bond donors (Lipinski definition) is 1. The van der Waals surface area contributed by atoms with Crippen molar-refractivity contribution in [2.75, 3.05) is 19.7 Å². The van der Waals surface area contributed by atoms with Crippen molar-refractivity contribution in [3.8, 4) is 0 Å². The molecule has 2 aliphatic rings. The van der Waals surface area contributed by atoms with Crippen LogP contribution in [0.15, 0.2) is 12.3 Å². The van der Waals surface area contributed by atoms with Crippen molar-refractivity contribution >= 4 is 11.9 Å². The van der Waals surface area contributed by atoms with Crippen LogP contribution in [0.1, 0.15) is 58.1 Å². The van der Waals surface area contributed by atoms with Gasteiger partial charge in [-0.05, 0) is 31.7 Å². The number of ether oxygens (including phenoxy) is 1. The molecular formula is C18H27N3O4. The van der Waals surface area contributed by atoms with Crippen molar-refractivity contribution < 1.29 is 19.4 Å². The zero-order valence-corrected chi connectivity index (χ0v) is 15.2. The molecule has 0 spiro atoms. The molecule has 2 saturated heterocycles. The van der Waals surface area contributed by atoms with Gasteiger partial charge in [0.05, 0.1) is 5.69 Å². The number of aliphatic carboxylic acids is 1. The third kappa shape index (κ3) is 3.05. The average molecular weight is 349 g/mol. The maximum Gasteiger partial charge on any atom is 0.331 e. The largest absolute Gasteiger partial charge is 0.479 e. The molecule has 138 valence electrons. The van der Waals surface area contributed by atoms with Crippen molar-refractivity contribution in [3.63, 3.8) is 0 Å². The van der Waals surface area contributed by atoms with Crippen LogP contribution in [-0.4, -0.2) is 57.0 Å². The van der Waals surface area contributed by atoms with Crippen molar-refractivity contribution in [2.45, 2.75) is 63.5 Å². The quantitative estimate of drug-likeness (QED) is 0.898. The number of hydrogen-bond acceptors (Lipinski definition) is 4. The van der Waals surface area contributed by atoms with Crippen molar-refractivity contribution in [3.05, 3.63) is 18.0 Å². The number of rotatable bonds is 4. The minimum absolute atomic E-state index is 0.0210. The summed E-state index contributed by atoms with van der Waals surface area (Å²) in [7, 11) is 0. The summed E-state index contributed by atoms with van der Waals surface area (Å²) >= 11 is 0. The topological polar surface area (TPSA) is 84.7 Å². The number of carboxylic acid groups (broad SMARTS) is 1. The van der Waals surface area contributed by atoms with Gasteiger partial charge in [0.15, 0.2) is 5.54 Å². The Labute approximate surface area is 147 Å². The van der Waals surface area contributed by atoms with E-state index in [2.05, 4.69) is 5.10 Å². The fraction of sp³-hybridized carbons (Fsp3) is 0.722. The van der Waals surface area contributed by atoms with Crippen LogP contribution >= 0.6 is 0 Å². The predicted octanol–water partition coefficient (Wildman–Crippen LogP) is 1.98. The van der Waals surface area contributed by atoms with Gasteiger partial charge in [0.1, 0.15) is 5.60 Å². The highest BCUT2D eigenvalue weighted by Gasteiger charge is 2.48. The van der Waals surface area contributed by atoms with E-state index in [-0.39, 0.29) is 11.8 Å². The number of carbonyl (C=O) groups is 2. The SMILES string of the molecule is CC(C)c1ccn(C2(C(=O)O)CCN(C(=O)C3(C)CCCO3)CC2)n1. The predicted molar refractivity (Wildman–Crippen MR) is 91.3 cm³/mol. The van der Waals surface area contributed by atoms with E-state index in [9.17, 15) is 14.7 Å². The van der Waals surface area contributed by atoms with Crippen molar-refractivity contribution in [1.82, 2.24) is 14.7 Å². The number of piperidine rings is 1. The number of nitrogens with zero attached hydrogens (tertiary/aromatic N) is 3. The summed E-state index contributed by atoms with van der Waals surface area (Å²) in [5.74, 6) is -0.665. The molecule has 1 aromatic heterocycles. The molecular weight excluding hydrogens is 322 g/mol. The molecule has 7 nitrogen and oxygen atoms in total. The average Bonchev–Trinajstić information content (AvgIpc) is 3.24. The lowest BCUT2D eigenvalue weighted by Crippen LogP contribution is -2.56. The molecule has 25 heavy (non-hydrogen) atoms. The Morgan fingerprint density at radius 2 is 1.96 bits per heavy atom. The molecule has 3 rings (SSSR count). The van der Waals surface area contributed by atoms with E-state index >= 15 is 0 Å². The molecule has 2 fully saturated rings. The summed E-state index contributed by atoms with van der Waals surface area (Å²) in [6.45, 7) is 7.32. The van der Waals surface area contributed by atoms with Crippen LogP contribution in [-0.2, 0) is 19.9 Å². The zero-order chi connectivity index (χ0) is 18.2. The van der Waals surface area contributed by atoms with E-state index in [4.69, 9.17) is 4.74 Å². The van der Waals surface area contributed by atoms with E-state index in [1.54, 1.807) is 15.8 Å². The molecule has 1 N–H and O–H groups in total. The van der Waals surface area contributed by atoms with Gasteiger partial charge >= 0.3 is 5.97 Å². The third-order valence-corrected chi connectivity index (χ3v) is 5.59. The van der Waals surface area contributed by atoms with Crippen molar-refractivity contribution in [2.24, 2.45) is 0 Å². The van der Waals surface area contributed by atoms with Gasteiger partial charge in [0.2, 0.25) is 0 Å². The highest BCUT2D eigenvalue weighted by Crippen LogP contribution is 2.34. The van der Waals surface area contributed by atoms with E-state index in [0.29, 0.717) is 32.5 Å². The second kappa shape index (κ2) is 6.44. The van der Waals surface area contributed by atoms with Crippen molar-refractivity contribution in [1.29, 1.82) is 0 Å². The molecule has 2 aliphatic heterocycles. The summed E-state index contributed by atoms with van der Waals surface area (Å²) in [5.41, 5.74) is -0.952. The smallest absolute Gasteiger partial charge is 0.331 e. The first-order chi connectivity index (χ1) is 11.8. The second-order valence-electron chi connectivity index (χ2n) is 7.65. The molecule has 0 radical (unpaired) electrons. The Morgan fingerprint density at radius 1 is 1.28 bits per heavy atom. The molecule has 1 amide bonds. The van der Waals surface area contributed by atoms with Gasteiger partial charge in [-0.3, -0.25) is 9.48 Å². The lowest BCUT2D eigenvalue weighted by molar-refractivity contribution is -0.159. The van der Waals surface area contributed by atoms with Gasteiger partial charge in [-0.25, -0.2) is 4.79 Å². The molecule has 3 heterocycles. The number of amides is 1. The molecule has 0 aliphatic carbocycles. The Morgan fingerprint density at radius 3 is 2.44 bits per heavy atom. The van der Waals surface area contributed by atoms with Gasteiger partial charge < -0.3 is 14.7 Å². The number of carboxylic acids is 1. The fourth-order valence-electron chi connectivity index (χ4n) is 3.79. The van der Waals surface area contributed by atoms with Crippen LogP contribution in [0.5, 0.6) is 0 Å². The first-order valence-corrected chi connectivity index (χ1v) is 9.01. The number of aromatic nitrogens is 2. The van der Waals surface area contributed by atoms with Gasteiger partial charge in [-0.15, -0.1) is 0 Å². The summed E-state index contributed by atoms with van der Waals surface area (Å²) in [6, 6.07) is 1.88. The van der Waals surface area contributed by atoms with E-state index < -0.39 is 17.1 Å². The van der Waals surface area contributed by atoms with Crippen LogP contribution in [0.2, 0.25) is 0 Å². The fourth-order valence-corrected chi connectivity index (χ4v) is 3.79. The summed E-state index contributed by atoms with van der Waals surface area (Å²) in [4.78, 5) is 26.6. The maximum atomic E-state index is 12.8. The van der Waals surface area contributed by atoms with Crippen LogP contribution in [0.4, 0.5) is 0 Å². The minimum atomic E-state index is -1.08. The summed E-state index contributed by atoms with van der Waals surface area (Å²) in [6.07, 6.45) is 4.07. The van der Waals surface area contributed by atoms with E-state index in [1.807, 2.05) is 26.8 Å². The Balaban J connectivity index is 1.76. The summed E-state index contributed by atoms with van der Waals surface area (Å²) in [5, 5.41) is 14.4. The number of carbonyl (C=O) groups excluding carboxylic acids is 1. The van der Waals surface area contributed by atoms with Gasteiger partial charge in [-0.1, -0.05) is 13.8 Å². The second-order valence-corrected chi connectivity index (χ2v) is 7.65. The lowest BCUT2D eigenvalue weighted by Gasteiger charge is -2.41. The number of likely N-dealkylation sites (tertiary alicyclic amines) is 1. The molecule has 0 saturated carbocycles. The molecule has 1 unspecified atom stereocenters. The van der Waals surface area contributed by atoms with Gasteiger partial charge in [-0.2, -0.15) is 5.10 Å². The zero-order valence-electron chi connectivity index (χ0n) is 15.2. The first kappa shape index (κ1) is 17.9.